The molecule has 3 rings (SSSR count). The van der Waals surface area contributed by atoms with Gasteiger partial charge in [0.2, 0.25) is 18.0 Å². The lowest BCUT2D eigenvalue weighted by Gasteiger charge is -2.10. The molecule has 0 aliphatic heterocycles. The number of carbonyl (C=O) groups is 2. The van der Waals surface area contributed by atoms with Crippen LogP contribution in [0.5, 0.6) is 5.75 Å². The largest absolute Gasteiger partial charge is 0.504 e. The van der Waals surface area contributed by atoms with Gasteiger partial charge in [-0.1, -0.05) is 0 Å². The molecule has 10 nitrogen and oxygen atoms in total. The molecule has 0 aliphatic carbocycles. The maximum atomic E-state index is 11.3. The number of hydrogen-bond acceptors (Lipinski definition) is 8. The van der Waals surface area contributed by atoms with Crippen LogP contribution in [0, 0.1) is 6.57 Å². The number of aromatic hydroxyl groups is 1. The minimum atomic E-state index is -0.400. The fraction of sp³-hybridized carbons (Fsp3) is 0.0625. The van der Waals surface area contributed by atoms with Crippen LogP contribution in [0.1, 0.15) is 6.92 Å². The van der Waals surface area contributed by atoms with Crippen LogP contribution in [0.2, 0.25) is 0 Å². The Morgan fingerprint density at radius 3 is 2.81 bits per heavy atom. The van der Waals surface area contributed by atoms with Gasteiger partial charge in [0.15, 0.2) is 10.8 Å². The smallest absolute Gasteiger partial charge is 0.231 e. The molecule has 1 aromatic carbocycles. The lowest BCUT2D eigenvalue weighted by molar-refractivity contribution is -0.114. The van der Waals surface area contributed by atoms with Crippen molar-refractivity contribution < 1.29 is 14.7 Å². The van der Waals surface area contributed by atoms with Gasteiger partial charge in [0.1, 0.15) is 0 Å². The molecule has 3 N–H and O–H groups in total. The number of benzene rings is 1. The average Bonchev–Trinajstić information content (AvgIpc) is 3.06. The van der Waals surface area contributed by atoms with Gasteiger partial charge in [-0.3, -0.25) is 14.6 Å². The van der Waals surface area contributed by atoms with E-state index in [2.05, 4.69) is 35.1 Å². The van der Waals surface area contributed by atoms with Crippen LogP contribution in [-0.4, -0.2) is 26.8 Å². The van der Waals surface area contributed by atoms with Gasteiger partial charge in [-0.2, -0.15) is 0 Å². The van der Waals surface area contributed by atoms with Crippen molar-refractivity contribution in [2.24, 2.45) is 10.2 Å². The summed E-state index contributed by atoms with van der Waals surface area (Å²) in [6, 6.07) is 2.80. The third kappa shape index (κ3) is 3.70. The van der Waals surface area contributed by atoms with Crippen LogP contribution in [0.4, 0.5) is 27.8 Å². The number of fused-ring (bicyclic) bond motifs is 1. The first-order valence-corrected chi connectivity index (χ1v) is 8.18. The number of carbonyl (C=O) groups excluding carboxylic acids is 2. The van der Waals surface area contributed by atoms with Gasteiger partial charge in [-0.05, 0) is 23.7 Å². The normalized spacial score (nSPS) is 10.7. The minimum Gasteiger partial charge on any atom is -0.504 e. The molecular formula is C16H11N7O3S. The second kappa shape index (κ2) is 7.54. The van der Waals surface area contributed by atoms with Crippen LogP contribution < -0.4 is 10.6 Å². The van der Waals surface area contributed by atoms with Crippen molar-refractivity contribution in [3.8, 4) is 5.75 Å². The molecule has 0 saturated carbocycles. The van der Waals surface area contributed by atoms with Crippen molar-refractivity contribution in [1.82, 2.24) is 9.36 Å². The molecular weight excluding hydrogens is 370 g/mol. The van der Waals surface area contributed by atoms with Crippen molar-refractivity contribution in [1.29, 1.82) is 0 Å². The van der Waals surface area contributed by atoms with Gasteiger partial charge in [-0.15, -0.1) is 10.2 Å². The highest BCUT2D eigenvalue weighted by Gasteiger charge is 2.13. The Hall–Kier alpha value is -3.91. The zero-order valence-electron chi connectivity index (χ0n) is 13.8. The number of amides is 2. The van der Waals surface area contributed by atoms with Crippen LogP contribution in [0.15, 0.2) is 34.8 Å². The summed E-state index contributed by atoms with van der Waals surface area (Å²) in [4.78, 5) is 29.4. The molecule has 2 aromatic heterocycles. The summed E-state index contributed by atoms with van der Waals surface area (Å²) in [7, 11) is 0. The van der Waals surface area contributed by atoms with Crippen molar-refractivity contribution in [3.63, 3.8) is 0 Å². The third-order valence-electron chi connectivity index (χ3n) is 3.35. The summed E-state index contributed by atoms with van der Waals surface area (Å²) in [5.41, 5.74) is 1.23. The van der Waals surface area contributed by atoms with Crippen LogP contribution in [-0.2, 0) is 9.59 Å². The molecule has 0 saturated heterocycles. The number of phenolic OH excluding ortho intramolecular Hbond substituents is 1. The molecule has 2 heterocycles. The number of anilines is 2. The molecule has 0 atom stereocenters. The number of aromatic nitrogens is 2. The Morgan fingerprint density at radius 1 is 1.33 bits per heavy atom. The molecule has 0 fully saturated rings. The van der Waals surface area contributed by atoms with E-state index in [1.54, 1.807) is 6.20 Å². The summed E-state index contributed by atoms with van der Waals surface area (Å²) in [5.74, 6) is -0.701. The molecule has 0 aliphatic rings. The lowest BCUT2D eigenvalue weighted by Crippen LogP contribution is -2.06. The van der Waals surface area contributed by atoms with Crippen molar-refractivity contribution in [2.45, 2.75) is 6.92 Å². The maximum Gasteiger partial charge on any atom is 0.231 e. The number of rotatable bonds is 5. The Balaban J connectivity index is 2.02. The molecule has 0 radical (unpaired) electrons. The minimum absolute atomic E-state index is 0.0660. The number of hydrogen-bond donors (Lipinski definition) is 3. The predicted octanol–water partition coefficient (Wildman–Crippen LogP) is 3.89. The van der Waals surface area contributed by atoms with E-state index in [0.29, 0.717) is 28.0 Å². The summed E-state index contributed by atoms with van der Waals surface area (Å²) in [6.45, 7) is 8.42. The van der Waals surface area contributed by atoms with E-state index < -0.39 is 5.91 Å². The quantitative estimate of drug-likeness (QED) is 0.267. The highest BCUT2D eigenvalue weighted by Crippen LogP contribution is 2.39. The molecule has 27 heavy (non-hydrogen) atoms. The Labute approximate surface area is 156 Å². The number of phenols is 1. The van der Waals surface area contributed by atoms with Gasteiger partial charge < -0.3 is 15.7 Å². The SMILES string of the molecule is [C-]#[N+]c1cncc2c(/N=N/c3cc(NC=O)c(O)c(NC(C)=O)c3)snc12. The second-order valence-corrected chi connectivity index (χ2v) is 5.94. The third-order valence-corrected chi connectivity index (χ3v) is 4.10. The molecule has 3 aromatic rings. The van der Waals surface area contributed by atoms with E-state index in [4.69, 9.17) is 6.57 Å². The van der Waals surface area contributed by atoms with Crippen molar-refractivity contribution in [2.75, 3.05) is 10.6 Å². The fourth-order valence-corrected chi connectivity index (χ4v) is 2.92. The Morgan fingerprint density at radius 2 is 2.11 bits per heavy atom. The number of nitrogens with one attached hydrogen (secondary N) is 2. The van der Waals surface area contributed by atoms with Gasteiger partial charge >= 0.3 is 0 Å². The van der Waals surface area contributed by atoms with E-state index in [9.17, 15) is 14.7 Å². The monoisotopic (exact) mass is 381 g/mol. The summed E-state index contributed by atoms with van der Waals surface area (Å²) < 4.78 is 4.20. The van der Waals surface area contributed by atoms with Gasteiger partial charge in [0, 0.05) is 24.7 Å². The maximum absolute atomic E-state index is 11.3. The average molecular weight is 381 g/mol. The predicted molar refractivity (Wildman–Crippen MR) is 100.0 cm³/mol. The Kier molecular flexibility index (Phi) is 5.00. The zero-order chi connectivity index (χ0) is 19.4. The second-order valence-electron chi connectivity index (χ2n) is 5.19. The Bertz CT molecular complexity index is 1120. The van der Waals surface area contributed by atoms with Gasteiger partial charge in [-0.25, -0.2) is 9.22 Å². The van der Waals surface area contributed by atoms with E-state index in [0.717, 1.165) is 11.5 Å². The first-order chi connectivity index (χ1) is 13.0. The highest BCUT2D eigenvalue weighted by molar-refractivity contribution is 7.11. The van der Waals surface area contributed by atoms with Crippen LogP contribution >= 0.6 is 11.5 Å². The number of azo groups is 1. The summed E-state index contributed by atoms with van der Waals surface area (Å²) in [6.07, 6.45) is 3.36. The molecule has 0 bridgehead atoms. The first-order valence-electron chi connectivity index (χ1n) is 7.41. The van der Waals surface area contributed by atoms with Crippen molar-refractivity contribution in [3.05, 3.63) is 35.9 Å². The van der Waals surface area contributed by atoms with E-state index in [1.807, 2.05) is 0 Å². The standard InChI is InChI=1S/C16H11N7O3S/c1-8(25)20-12-4-9(3-11(15(12)26)19-7-24)21-22-16-10-5-18-6-13(17-2)14(10)23-27-16/h3-7,26H,1H3,(H,19,24)(H,20,25)/b22-21+. The van der Waals surface area contributed by atoms with Gasteiger partial charge in [0.25, 0.3) is 0 Å². The van der Waals surface area contributed by atoms with E-state index >= 15 is 0 Å². The number of pyridine rings is 1. The van der Waals surface area contributed by atoms with Gasteiger partial charge in [0.05, 0.1) is 29.2 Å². The topological polar surface area (TPSA) is 133 Å². The highest BCUT2D eigenvalue weighted by atomic mass is 32.1. The van der Waals surface area contributed by atoms with E-state index in [1.165, 1.54) is 25.3 Å². The van der Waals surface area contributed by atoms with E-state index in [-0.39, 0.29) is 22.8 Å². The lowest BCUT2D eigenvalue weighted by atomic mass is 10.2. The van der Waals surface area contributed by atoms with Crippen LogP contribution in [0.25, 0.3) is 15.7 Å². The molecule has 11 heteroatoms. The molecule has 0 spiro atoms. The molecule has 2 amide bonds. The fourth-order valence-electron chi connectivity index (χ4n) is 2.23. The molecule has 134 valence electrons. The molecule has 0 unspecified atom stereocenters. The number of nitrogens with zero attached hydrogens (tertiary/aromatic N) is 5. The van der Waals surface area contributed by atoms with Crippen molar-refractivity contribution >= 4 is 62.5 Å². The van der Waals surface area contributed by atoms with Crippen LogP contribution in [0.3, 0.4) is 0 Å². The first kappa shape index (κ1) is 17.9. The summed E-state index contributed by atoms with van der Waals surface area (Å²) >= 11 is 1.06. The zero-order valence-corrected chi connectivity index (χ0v) is 14.6. The summed E-state index contributed by atoms with van der Waals surface area (Å²) in [5, 5.41) is 24.1.